The zero-order valence-electron chi connectivity index (χ0n) is 21.0. The van der Waals surface area contributed by atoms with Gasteiger partial charge in [0.1, 0.15) is 0 Å². The number of nitrogens with zero attached hydrogens (tertiary/aromatic N) is 4. The van der Waals surface area contributed by atoms with Crippen LogP contribution in [0.15, 0.2) is 71.3 Å². The van der Waals surface area contributed by atoms with Crippen LogP contribution < -0.4 is 4.31 Å². The van der Waals surface area contributed by atoms with E-state index in [2.05, 4.69) is 10.1 Å². The summed E-state index contributed by atoms with van der Waals surface area (Å²) < 4.78 is 32.0. The molecule has 37 heavy (non-hydrogen) atoms. The first kappa shape index (κ1) is 26.4. The van der Waals surface area contributed by atoms with Crippen LogP contribution in [0.2, 0.25) is 5.02 Å². The second kappa shape index (κ2) is 10.7. The van der Waals surface area contributed by atoms with E-state index in [0.717, 1.165) is 22.3 Å². The fourth-order valence-corrected chi connectivity index (χ4v) is 5.23. The fourth-order valence-electron chi connectivity index (χ4n) is 4.04. The van der Waals surface area contributed by atoms with Gasteiger partial charge in [-0.2, -0.15) is 4.98 Å². The summed E-state index contributed by atoms with van der Waals surface area (Å²) in [5, 5.41) is 4.54. The first-order valence-electron chi connectivity index (χ1n) is 11.5. The molecule has 1 aromatic heterocycles. The maximum Gasteiger partial charge on any atom is 0.254 e. The molecule has 0 atom stereocenters. The number of carbonyl (C=O) groups excluding carboxylic acids is 1. The van der Waals surface area contributed by atoms with Gasteiger partial charge < -0.3 is 9.42 Å². The van der Waals surface area contributed by atoms with E-state index in [0.29, 0.717) is 28.0 Å². The molecular weight excluding hydrogens is 512 g/mol. The molecule has 0 fully saturated rings. The average Bonchev–Trinajstić information content (AvgIpc) is 3.31. The zero-order chi connectivity index (χ0) is 26.7. The Morgan fingerprint density at radius 2 is 1.62 bits per heavy atom. The summed E-state index contributed by atoms with van der Waals surface area (Å²) in [6.07, 6.45) is 1.20. The Hall–Kier alpha value is -3.69. The summed E-state index contributed by atoms with van der Waals surface area (Å²) >= 11 is 6.03. The highest BCUT2D eigenvalue weighted by Crippen LogP contribution is 2.28. The van der Waals surface area contributed by atoms with Gasteiger partial charge in [-0.25, -0.2) is 8.42 Å². The summed E-state index contributed by atoms with van der Waals surface area (Å²) in [4.78, 5) is 18.8. The summed E-state index contributed by atoms with van der Waals surface area (Å²) in [7, 11) is -1.88. The molecule has 0 radical (unpaired) electrons. The van der Waals surface area contributed by atoms with E-state index in [4.69, 9.17) is 16.1 Å². The minimum absolute atomic E-state index is 0.128. The molecule has 0 spiro atoms. The highest BCUT2D eigenvalue weighted by molar-refractivity contribution is 7.92. The molecule has 4 rings (SSSR count). The lowest BCUT2D eigenvalue weighted by Gasteiger charge is -2.26. The first-order chi connectivity index (χ1) is 17.5. The number of hydrogen-bond acceptors (Lipinski definition) is 6. The predicted molar refractivity (Wildman–Crippen MR) is 144 cm³/mol. The standard InChI is InChI=1S/C27H27ClN4O4S/c1-18-7-5-8-19(2)25(18)32(37(4,34)35)16-20-11-13-21(14-12-20)27(33)31(3)17-24-29-26(30-36-24)22-9-6-10-23(28)15-22/h5-15H,16-17H2,1-4H3. The summed E-state index contributed by atoms with van der Waals surface area (Å²) in [5.74, 6) is 0.450. The van der Waals surface area contributed by atoms with Crippen LogP contribution in [-0.2, 0) is 23.1 Å². The third kappa shape index (κ3) is 6.18. The lowest BCUT2D eigenvalue weighted by Crippen LogP contribution is -2.30. The Morgan fingerprint density at radius 3 is 2.24 bits per heavy atom. The number of hydrogen-bond donors (Lipinski definition) is 0. The van der Waals surface area contributed by atoms with Crippen molar-refractivity contribution in [2.45, 2.75) is 26.9 Å². The Labute approximate surface area is 221 Å². The van der Waals surface area contributed by atoms with Crippen LogP contribution in [-0.4, -0.2) is 42.7 Å². The van der Waals surface area contributed by atoms with Crippen LogP contribution in [0.4, 0.5) is 5.69 Å². The topological polar surface area (TPSA) is 96.6 Å². The van der Waals surface area contributed by atoms with E-state index < -0.39 is 10.0 Å². The number of aromatic nitrogens is 2. The lowest BCUT2D eigenvalue weighted by atomic mass is 10.1. The molecule has 0 aliphatic rings. The SMILES string of the molecule is Cc1cccc(C)c1N(Cc1ccc(C(=O)N(C)Cc2nc(-c3cccc(Cl)c3)no2)cc1)S(C)(=O)=O. The van der Waals surface area contributed by atoms with E-state index in [9.17, 15) is 13.2 Å². The molecular formula is C27H27ClN4O4S. The molecule has 0 saturated heterocycles. The van der Waals surface area contributed by atoms with E-state index in [1.807, 2.05) is 38.1 Å². The molecule has 1 heterocycles. The molecule has 0 aliphatic carbocycles. The Balaban J connectivity index is 1.46. The number of para-hydroxylation sites is 1. The molecule has 8 nitrogen and oxygen atoms in total. The maximum absolute atomic E-state index is 13.0. The van der Waals surface area contributed by atoms with E-state index in [1.165, 1.54) is 15.5 Å². The van der Waals surface area contributed by atoms with Crippen molar-refractivity contribution in [3.05, 3.63) is 99.9 Å². The van der Waals surface area contributed by atoms with Crippen LogP contribution in [0.5, 0.6) is 0 Å². The number of halogens is 1. The van der Waals surface area contributed by atoms with Crippen molar-refractivity contribution in [1.29, 1.82) is 0 Å². The number of amides is 1. The minimum Gasteiger partial charge on any atom is -0.337 e. The summed E-state index contributed by atoms with van der Waals surface area (Å²) in [6, 6.07) is 19.7. The average molecular weight is 539 g/mol. The quantitative estimate of drug-likeness (QED) is 0.304. The number of anilines is 1. The van der Waals surface area contributed by atoms with Gasteiger partial charge in [0.2, 0.25) is 21.7 Å². The Morgan fingerprint density at radius 1 is 0.973 bits per heavy atom. The smallest absolute Gasteiger partial charge is 0.254 e. The number of rotatable bonds is 8. The second-order valence-electron chi connectivity index (χ2n) is 8.89. The van der Waals surface area contributed by atoms with Gasteiger partial charge in [0.15, 0.2) is 0 Å². The number of sulfonamides is 1. The largest absolute Gasteiger partial charge is 0.337 e. The van der Waals surface area contributed by atoms with Crippen LogP contribution in [0.25, 0.3) is 11.4 Å². The fraction of sp³-hybridized carbons (Fsp3) is 0.222. The van der Waals surface area contributed by atoms with Crippen molar-refractivity contribution >= 4 is 33.2 Å². The van der Waals surface area contributed by atoms with Crippen LogP contribution in [0.3, 0.4) is 0 Å². The normalized spacial score (nSPS) is 11.4. The van der Waals surface area contributed by atoms with Gasteiger partial charge in [0.25, 0.3) is 5.91 Å². The van der Waals surface area contributed by atoms with Crippen LogP contribution in [0.1, 0.15) is 32.9 Å². The summed E-state index contributed by atoms with van der Waals surface area (Å²) in [6.45, 7) is 4.06. The van der Waals surface area contributed by atoms with E-state index >= 15 is 0 Å². The molecule has 0 aliphatic heterocycles. The van der Waals surface area contributed by atoms with Crippen LogP contribution in [0, 0.1) is 13.8 Å². The monoisotopic (exact) mass is 538 g/mol. The molecule has 0 unspecified atom stereocenters. The minimum atomic E-state index is -3.53. The third-order valence-electron chi connectivity index (χ3n) is 5.89. The molecule has 4 aromatic rings. The molecule has 0 saturated carbocycles. The van der Waals surface area contributed by atoms with Crippen LogP contribution >= 0.6 is 11.6 Å². The van der Waals surface area contributed by atoms with Crippen molar-refractivity contribution in [2.75, 3.05) is 17.6 Å². The van der Waals surface area contributed by atoms with Crippen molar-refractivity contribution in [2.24, 2.45) is 0 Å². The first-order valence-corrected chi connectivity index (χ1v) is 13.7. The maximum atomic E-state index is 13.0. The van der Waals surface area contributed by atoms with Gasteiger partial charge in [-0.15, -0.1) is 0 Å². The second-order valence-corrected chi connectivity index (χ2v) is 11.2. The van der Waals surface area contributed by atoms with Gasteiger partial charge in [-0.1, -0.05) is 59.2 Å². The van der Waals surface area contributed by atoms with Crippen molar-refractivity contribution in [1.82, 2.24) is 15.0 Å². The number of aryl methyl sites for hydroxylation is 2. The number of carbonyl (C=O) groups is 1. The molecule has 1 amide bonds. The Kier molecular flexibility index (Phi) is 7.65. The predicted octanol–water partition coefficient (Wildman–Crippen LogP) is 5.25. The van der Waals surface area contributed by atoms with E-state index in [-0.39, 0.29) is 19.0 Å². The van der Waals surface area contributed by atoms with Gasteiger partial charge in [-0.05, 0) is 54.8 Å². The lowest BCUT2D eigenvalue weighted by molar-refractivity contribution is 0.0769. The van der Waals surface area contributed by atoms with Crippen molar-refractivity contribution in [3.8, 4) is 11.4 Å². The van der Waals surface area contributed by atoms with Crippen molar-refractivity contribution < 1.29 is 17.7 Å². The molecule has 3 aromatic carbocycles. The van der Waals surface area contributed by atoms with Crippen molar-refractivity contribution in [3.63, 3.8) is 0 Å². The molecule has 0 N–H and O–H groups in total. The van der Waals surface area contributed by atoms with Gasteiger partial charge in [0, 0.05) is 23.2 Å². The highest BCUT2D eigenvalue weighted by Gasteiger charge is 2.22. The van der Waals surface area contributed by atoms with E-state index in [1.54, 1.807) is 49.5 Å². The third-order valence-corrected chi connectivity index (χ3v) is 7.23. The zero-order valence-corrected chi connectivity index (χ0v) is 22.5. The molecule has 0 bridgehead atoms. The summed E-state index contributed by atoms with van der Waals surface area (Å²) in [5.41, 5.74) is 4.35. The van der Waals surface area contributed by atoms with Gasteiger partial charge in [-0.3, -0.25) is 9.10 Å². The highest BCUT2D eigenvalue weighted by atomic mass is 35.5. The molecule has 10 heteroatoms. The molecule has 192 valence electrons. The van der Waals surface area contributed by atoms with Gasteiger partial charge in [0.05, 0.1) is 25.0 Å². The Bertz CT molecular complexity index is 1510. The van der Waals surface area contributed by atoms with Gasteiger partial charge >= 0.3 is 0 Å². The number of benzene rings is 3.